The Bertz CT molecular complexity index is 2630. The predicted molar refractivity (Wildman–Crippen MR) is 254 cm³/mol. The summed E-state index contributed by atoms with van der Waals surface area (Å²) >= 11 is -5.75. The van der Waals surface area contributed by atoms with E-state index in [4.69, 9.17) is 0 Å². The van der Waals surface area contributed by atoms with E-state index >= 15 is 0 Å². The number of halogens is 2. The van der Waals surface area contributed by atoms with E-state index in [1.54, 1.807) is 0 Å². The third-order valence-corrected chi connectivity index (χ3v) is 36.6. The fraction of sp³-hybridized carbons (Fsp3) is 0.259. The van der Waals surface area contributed by atoms with Gasteiger partial charge in [-0.1, -0.05) is 0 Å². The van der Waals surface area contributed by atoms with Gasteiger partial charge in [0.05, 0.1) is 0 Å². The standard InChI is InChI=1S/2C21H23.C12H9Si.2ClH.Zr/c2*1-14-8-6-10-18(15(14)2)19-11-7-9-16-12-17(13-20(16)19)21(3,4)5;1-3-7-11-9(5-1)10-6-2-4-8-12(10)13-11;;;/h2*6-13H,1-5H3;1-7H,13H2;2*1H;/q;;;;;+2/p-2. The summed E-state index contributed by atoms with van der Waals surface area (Å²) in [5.41, 5.74) is 20.5. The van der Waals surface area contributed by atoms with Crippen LogP contribution in [0.4, 0.5) is 0 Å². The molecule has 0 saturated carbocycles. The third kappa shape index (κ3) is 5.90. The zero-order valence-electron chi connectivity index (χ0n) is 35.7. The quantitative estimate of drug-likeness (QED) is 0.151. The molecule has 3 aliphatic rings. The first kappa shape index (κ1) is 39.9. The van der Waals surface area contributed by atoms with Gasteiger partial charge in [-0.15, -0.1) is 0 Å². The second-order valence-corrected chi connectivity index (χ2v) is 41.9. The Balaban J connectivity index is 1.42. The van der Waals surface area contributed by atoms with Gasteiger partial charge >= 0.3 is 360 Å². The minimum absolute atomic E-state index is 0.153. The van der Waals surface area contributed by atoms with Crippen molar-refractivity contribution in [2.75, 3.05) is 0 Å². The molecule has 2 aliphatic carbocycles. The second kappa shape index (κ2) is 13.8. The molecule has 2 unspecified atom stereocenters. The summed E-state index contributed by atoms with van der Waals surface area (Å²) in [6.07, 6.45) is 5.04. The topological polar surface area (TPSA) is 0 Å². The zero-order chi connectivity index (χ0) is 41.1. The van der Waals surface area contributed by atoms with Crippen LogP contribution in [0.2, 0.25) is 0 Å². The Morgan fingerprint density at radius 2 is 0.879 bits per heavy atom. The van der Waals surface area contributed by atoms with Crippen molar-refractivity contribution in [1.82, 2.24) is 0 Å². The number of hydrogen-bond acceptors (Lipinski definition) is 0. The number of aryl methyl sites for hydroxylation is 2. The monoisotopic (exact) mass is 891 g/mol. The fourth-order valence-corrected chi connectivity index (χ4v) is 39.2. The number of fused-ring (bicyclic) bond motifs is 5. The maximum atomic E-state index is 9.44. The van der Waals surface area contributed by atoms with E-state index in [1.807, 2.05) is 0 Å². The minimum atomic E-state index is -5.75. The zero-order valence-corrected chi connectivity index (χ0v) is 41.1. The van der Waals surface area contributed by atoms with E-state index in [0.29, 0.717) is 0 Å². The summed E-state index contributed by atoms with van der Waals surface area (Å²) in [6, 6.07) is 43.4. The first-order valence-electron chi connectivity index (χ1n) is 21.0. The van der Waals surface area contributed by atoms with Gasteiger partial charge in [0.1, 0.15) is 0 Å². The Kier molecular flexibility index (Phi) is 9.47. The molecule has 58 heavy (non-hydrogen) atoms. The summed E-state index contributed by atoms with van der Waals surface area (Å²) in [6.45, 7) is 23.2. The summed E-state index contributed by atoms with van der Waals surface area (Å²) in [5.74, 6) is 0. The number of benzene rings is 6. The number of hydrogen-bond donors (Lipinski definition) is 0. The molecule has 0 N–H and O–H groups in total. The molecule has 0 radical (unpaired) electrons. The van der Waals surface area contributed by atoms with Crippen LogP contribution >= 0.6 is 17.0 Å². The molecule has 4 heteroatoms. The summed E-state index contributed by atoms with van der Waals surface area (Å²) in [7, 11) is 18.0. The summed E-state index contributed by atoms with van der Waals surface area (Å²) in [5, 5.41) is 2.95. The molecule has 0 fully saturated rings. The van der Waals surface area contributed by atoms with Gasteiger partial charge in [-0.2, -0.15) is 0 Å². The molecule has 0 bridgehead atoms. The van der Waals surface area contributed by atoms with E-state index in [-0.39, 0.29) is 18.1 Å². The first-order valence-corrected chi connectivity index (χ1v) is 32.8. The Labute approximate surface area is 357 Å². The van der Waals surface area contributed by atoms with Gasteiger partial charge in [-0.25, -0.2) is 0 Å². The van der Waals surface area contributed by atoms with Gasteiger partial charge in [-0.05, 0) is 0 Å². The van der Waals surface area contributed by atoms with Crippen molar-refractivity contribution in [3.05, 3.63) is 171 Å². The van der Waals surface area contributed by atoms with Gasteiger partial charge < -0.3 is 0 Å². The molecule has 1 heterocycles. The van der Waals surface area contributed by atoms with Crippen LogP contribution in [0.3, 0.4) is 0 Å². The van der Waals surface area contributed by atoms with Gasteiger partial charge in [0.2, 0.25) is 0 Å². The molecule has 6 aromatic carbocycles. The fourth-order valence-electron chi connectivity index (χ4n) is 10.9. The van der Waals surface area contributed by atoms with Gasteiger partial charge in [-0.3, -0.25) is 0 Å². The Morgan fingerprint density at radius 1 is 0.466 bits per heavy atom. The molecule has 0 saturated heterocycles. The predicted octanol–water partition coefficient (Wildman–Crippen LogP) is 13.3. The van der Waals surface area contributed by atoms with Gasteiger partial charge in [0.15, 0.2) is 0 Å². The molecule has 293 valence electrons. The van der Waals surface area contributed by atoms with Crippen molar-refractivity contribution >= 4 is 52.3 Å². The molecule has 0 amide bonds. The molecule has 2 atom stereocenters. The van der Waals surface area contributed by atoms with Crippen LogP contribution < -0.4 is 13.6 Å². The third-order valence-electron chi connectivity index (χ3n) is 14.1. The Hall–Kier alpha value is -3.52. The second-order valence-electron chi connectivity index (χ2n) is 19.5. The average molecular weight is 894 g/mol. The van der Waals surface area contributed by atoms with E-state index in [2.05, 4.69) is 197 Å². The van der Waals surface area contributed by atoms with Crippen LogP contribution in [0.5, 0.6) is 0 Å². The number of rotatable bonds is 5. The summed E-state index contributed by atoms with van der Waals surface area (Å²) < 4.78 is 0.973. The first-order chi connectivity index (χ1) is 27.4. The SMILES string of the molecule is Cc1cccc(-c2cccc3c2C=C(C(C)(C)C)[CH]3[Zr]([Cl])([Cl])([c]2cccc3c2[SiH2]c2ccccc2-3)[CH]2C(C(C)(C)C)=Cc3c(-c4cccc(C)c4C)cccc32)c1C. The molecule has 9 rings (SSSR count). The average Bonchev–Trinajstić information content (AvgIpc) is 3.90. The molecule has 0 nitrogen and oxygen atoms in total. The molecule has 0 aromatic heterocycles. The molecular formula is C54H55Cl2SiZr. The normalized spacial score (nSPS) is 18.2. The Morgan fingerprint density at radius 3 is 1.38 bits per heavy atom. The van der Waals surface area contributed by atoms with Gasteiger partial charge in [0, 0.05) is 0 Å². The van der Waals surface area contributed by atoms with Crippen LogP contribution in [0.1, 0.15) is 93.3 Å². The molecule has 0 spiro atoms. The van der Waals surface area contributed by atoms with Crippen LogP contribution in [0.25, 0.3) is 45.5 Å². The maximum absolute atomic E-state index is 9.44. The molecule has 6 aromatic rings. The van der Waals surface area contributed by atoms with Crippen molar-refractivity contribution in [3.63, 3.8) is 0 Å². The van der Waals surface area contributed by atoms with E-state index < -0.39 is 25.9 Å². The number of allylic oxidation sites excluding steroid dienone is 2. The van der Waals surface area contributed by atoms with Gasteiger partial charge in [0.25, 0.3) is 0 Å². The molecular weight excluding hydrogens is 839 g/mol. The molecule has 1 aliphatic heterocycles. The van der Waals surface area contributed by atoms with E-state index in [0.717, 1.165) is 0 Å². The van der Waals surface area contributed by atoms with Crippen LogP contribution in [0.15, 0.2) is 126 Å². The van der Waals surface area contributed by atoms with Crippen LogP contribution in [0, 0.1) is 38.5 Å². The van der Waals surface area contributed by atoms with Crippen LogP contribution in [-0.2, 0) is 16.4 Å². The van der Waals surface area contributed by atoms with Crippen molar-refractivity contribution in [3.8, 4) is 33.4 Å². The van der Waals surface area contributed by atoms with Crippen molar-refractivity contribution in [2.45, 2.75) is 76.5 Å². The van der Waals surface area contributed by atoms with Crippen LogP contribution in [-0.4, -0.2) is 9.52 Å². The summed E-state index contributed by atoms with van der Waals surface area (Å²) in [4.78, 5) is 0. The van der Waals surface area contributed by atoms with Crippen molar-refractivity contribution in [1.29, 1.82) is 0 Å². The van der Waals surface area contributed by atoms with Crippen molar-refractivity contribution < 1.29 is 16.4 Å². The van der Waals surface area contributed by atoms with E-state index in [9.17, 15) is 17.0 Å². The van der Waals surface area contributed by atoms with Crippen molar-refractivity contribution in [2.24, 2.45) is 10.8 Å². The van der Waals surface area contributed by atoms with E-state index in [1.165, 1.54) is 103 Å².